The van der Waals surface area contributed by atoms with Crippen molar-refractivity contribution in [1.82, 2.24) is 15.8 Å². The van der Waals surface area contributed by atoms with E-state index in [2.05, 4.69) is 38.5 Å². The molecule has 0 aromatic rings. The van der Waals surface area contributed by atoms with Crippen LogP contribution in [-0.4, -0.2) is 52.7 Å². The fraction of sp³-hybridized carbons (Fsp3) is 0.846. The molecule has 36 heavy (non-hydrogen) atoms. The quantitative estimate of drug-likeness (QED) is 0.272. The maximum Gasteiger partial charge on any atom is 0.419 e. The Kier molecular flexibility index (Phi) is 14.0. The highest BCUT2D eigenvalue weighted by molar-refractivity contribution is 5.88. The van der Waals surface area contributed by atoms with Gasteiger partial charge in [-0.1, -0.05) is 27.7 Å². The summed E-state index contributed by atoms with van der Waals surface area (Å²) in [4.78, 5) is 50.9. The average molecular weight is 515 g/mol. The van der Waals surface area contributed by atoms with Crippen LogP contribution in [0.25, 0.3) is 0 Å². The molecule has 10 heteroatoms. The van der Waals surface area contributed by atoms with Crippen LogP contribution in [0.15, 0.2) is 0 Å². The van der Waals surface area contributed by atoms with E-state index in [9.17, 15) is 19.2 Å². The minimum atomic E-state index is -0.851. The molecule has 0 aliphatic carbocycles. The van der Waals surface area contributed by atoms with Crippen LogP contribution in [-0.2, 0) is 19.1 Å². The molecule has 0 unspecified atom stereocenters. The summed E-state index contributed by atoms with van der Waals surface area (Å²) in [6, 6.07) is -0.851. The first kappa shape index (κ1) is 33.6. The zero-order valence-electron chi connectivity index (χ0n) is 24.0. The van der Waals surface area contributed by atoms with E-state index in [1.807, 2.05) is 0 Å². The van der Waals surface area contributed by atoms with Gasteiger partial charge in [-0.2, -0.15) is 0 Å². The molecule has 0 radical (unpaired) electrons. The molecule has 0 saturated carbocycles. The van der Waals surface area contributed by atoms with Crippen LogP contribution >= 0.6 is 0 Å². The number of unbranched alkanes of at least 4 members (excludes halogenated alkanes) is 1. The normalized spacial score (nSPS) is 12.9. The zero-order valence-corrected chi connectivity index (χ0v) is 24.0. The van der Waals surface area contributed by atoms with Crippen LogP contribution in [0.3, 0.4) is 0 Å². The largest absolute Gasteiger partial charge is 0.443 e. The van der Waals surface area contributed by atoms with Crippen LogP contribution in [0.2, 0.25) is 0 Å². The molecular weight excluding hydrogens is 464 g/mol. The van der Waals surface area contributed by atoms with Crippen molar-refractivity contribution in [2.45, 2.75) is 119 Å². The van der Waals surface area contributed by atoms with Crippen molar-refractivity contribution in [3.8, 4) is 0 Å². The van der Waals surface area contributed by atoms with Gasteiger partial charge in [-0.25, -0.2) is 14.5 Å². The molecule has 0 aliphatic heterocycles. The molecule has 0 bridgehead atoms. The number of carbonyl (C=O) groups excluding carboxylic acids is 4. The number of hydrogen-bond acceptors (Lipinski definition) is 7. The summed E-state index contributed by atoms with van der Waals surface area (Å²) in [7, 11) is 0. The molecule has 4 amide bonds. The predicted octanol–water partition coefficient (Wildman–Crippen LogP) is 4.51. The fourth-order valence-electron chi connectivity index (χ4n) is 3.42. The summed E-state index contributed by atoms with van der Waals surface area (Å²) in [6.07, 6.45) is 1.05. The molecule has 0 fully saturated rings. The maximum atomic E-state index is 12.5. The number of carbonyl (C=O) groups is 4. The van der Waals surface area contributed by atoms with Gasteiger partial charge in [0.2, 0.25) is 5.91 Å². The lowest BCUT2D eigenvalue weighted by Crippen LogP contribution is -2.51. The van der Waals surface area contributed by atoms with Crippen LogP contribution in [0.5, 0.6) is 0 Å². The summed E-state index contributed by atoms with van der Waals surface area (Å²) in [5, 5.41) is 0. The number of rotatable bonds is 11. The van der Waals surface area contributed by atoms with Gasteiger partial charge in [-0.3, -0.25) is 20.4 Å². The van der Waals surface area contributed by atoms with Crippen molar-refractivity contribution in [2.75, 3.05) is 6.54 Å². The van der Waals surface area contributed by atoms with E-state index in [0.29, 0.717) is 31.1 Å². The Balaban J connectivity index is 4.79. The van der Waals surface area contributed by atoms with Crippen molar-refractivity contribution in [3.63, 3.8) is 0 Å². The standard InChI is InChI=1S/C26H50N4O6/c1-17(2)15-19(16-18(3)4)21(31)28-29-22(32)20(27)13-11-12-14-30(23(33)35-25(5,6)7)24(34)36-26(8,9)10/h17-20H,11-16,27H2,1-10H3,(H,28,31)(H,29,32)/t20-/m1/s1. The Morgan fingerprint density at radius 2 is 1.17 bits per heavy atom. The Labute approximate surface area is 217 Å². The van der Waals surface area contributed by atoms with E-state index in [1.165, 1.54) is 0 Å². The van der Waals surface area contributed by atoms with Crippen molar-refractivity contribution >= 4 is 24.0 Å². The Bertz CT molecular complexity index is 687. The SMILES string of the molecule is CC(C)CC(CC(C)C)C(=O)NNC(=O)[C@H](N)CCCCN(C(=O)OC(C)(C)C)C(=O)OC(C)(C)C. The molecule has 4 N–H and O–H groups in total. The van der Waals surface area contributed by atoms with Crippen LogP contribution < -0.4 is 16.6 Å². The van der Waals surface area contributed by atoms with E-state index < -0.39 is 35.3 Å². The minimum absolute atomic E-state index is 0.0565. The Morgan fingerprint density at radius 3 is 1.56 bits per heavy atom. The monoisotopic (exact) mass is 514 g/mol. The second-order valence-corrected chi connectivity index (χ2v) is 12.1. The van der Waals surface area contributed by atoms with Crippen LogP contribution in [0.1, 0.15) is 101 Å². The Morgan fingerprint density at radius 1 is 0.750 bits per heavy atom. The summed E-state index contributed by atoms with van der Waals surface area (Å²) in [6.45, 7) is 18.6. The third-order valence-electron chi connectivity index (χ3n) is 4.90. The fourth-order valence-corrected chi connectivity index (χ4v) is 3.42. The summed E-state index contributed by atoms with van der Waals surface area (Å²) < 4.78 is 10.7. The third kappa shape index (κ3) is 15.6. The molecule has 0 spiro atoms. The number of ether oxygens (including phenoxy) is 2. The average Bonchev–Trinajstić information content (AvgIpc) is 2.67. The molecule has 1 atom stereocenters. The van der Waals surface area contributed by atoms with Gasteiger partial charge in [0.1, 0.15) is 11.2 Å². The molecule has 10 nitrogen and oxygen atoms in total. The smallest absolute Gasteiger partial charge is 0.419 e. The molecular formula is C26H50N4O6. The number of imide groups is 1. The molecule has 0 saturated heterocycles. The van der Waals surface area contributed by atoms with E-state index in [1.54, 1.807) is 41.5 Å². The summed E-state index contributed by atoms with van der Waals surface area (Å²) >= 11 is 0. The molecule has 0 aliphatic rings. The summed E-state index contributed by atoms with van der Waals surface area (Å²) in [5.41, 5.74) is 9.37. The first-order chi connectivity index (χ1) is 16.3. The van der Waals surface area contributed by atoms with E-state index in [-0.39, 0.29) is 18.4 Å². The lowest BCUT2D eigenvalue weighted by molar-refractivity contribution is -0.132. The highest BCUT2D eigenvalue weighted by atomic mass is 16.6. The van der Waals surface area contributed by atoms with Crippen molar-refractivity contribution in [2.24, 2.45) is 23.5 Å². The van der Waals surface area contributed by atoms with Gasteiger partial charge in [0, 0.05) is 12.5 Å². The van der Waals surface area contributed by atoms with Crippen molar-refractivity contribution in [1.29, 1.82) is 0 Å². The van der Waals surface area contributed by atoms with Crippen LogP contribution in [0.4, 0.5) is 9.59 Å². The summed E-state index contributed by atoms with van der Waals surface area (Å²) in [5.74, 6) is -0.180. The van der Waals surface area contributed by atoms with Gasteiger partial charge >= 0.3 is 12.2 Å². The number of hydrazine groups is 1. The highest BCUT2D eigenvalue weighted by Gasteiger charge is 2.31. The van der Waals surface area contributed by atoms with Gasteiger partial charge in [-0.05, 0) is 85.5 Å². The third-order valence-corrected chi connectivity index (χ3v) is 4.90. The van der Waals surface area contributed by atoms with E-state index in [4.69, 9.17) is 15.2 Å². The lowest BCUT2D eigenvalue weighted by atomic mass is 9.89. The highest BCUT2D eigenvalue weighted by Crippen LogP contribution is 2.20. The molecule has 0 aromatic heterocycles. The van der Waals surface area contributed by atoms with Gasteiger partial charge in [-0.15, -0.1) is 0 Å². The van der Waals surface area contributed by atoms with Gasteiger partial charge in [0.25, 0.3) is 5.91 Å². The molecule has 210 valence electrons. The van der Waals surface area contributed by atoms with Gasteiger partial charge in [0.15, 0.2) is 0 Å². The first-order valence-corrected chi connectivity index (χ1v) is 12.9. The maximum absolute atomic E-state index is 12.5. The number of nitrogens with two attached hydrogens (primary N) is 1. The molecule has 0 heterocycles. The van der Waals surface area contributed by atoms with Crippen molar-refractivity contribution < 1.29 is 28.7 Å². The van der Waals surface area contributed by atoms with E-state index >= 15 is 0 Å². The van der Waals surface area contributed by atoms with Gasteiger partial charge < -0.3 is 15.2 Å². The predicted molar refractivity (Wildman–Crippen MR) is 140 cm³/mol. The lowest BCUT2D eigenvalue weighted by Gasteiger charge is -2.28. The van der Waals surface area contributed by atoms with Gasteiger partial charge in [0.05, 0.1) is 6.04 Å². The minimum Gasteiger partial charge on any atom is -0.443 e. The number of nitrogens with one attached hydrogen (secondary N) is 2. The van der Waals surface area contributed by atoms with Crippen molar-refractivity contribution in [3.05, 3.63) is 0 Å². The second kappa shape index (κ2) is 15.0. The van der Waals surface area contributed by atoms with Crippen LogP contribution in [0, 0.1) is 17.8 Å². The number of hydrogen-bond donors (Lipinski definition) is 3. The van der Waals surface area contributed by atoms with E-state index in [0.717, 1.165) is 17.7 Å². The topological polar surface area (TPSA) is 140 Å². The zero-order chi connectivity index (χ0) is 28.3. The Hall–Kier alpha value is -2.36. The number of nitrogens with zero attached hydrogens (tertiary/aromatic N) is 1. The molecule has 0 aromatic carbocycles. The first-order valence-electron chi connectivity index (χ1n) is 12.9. The molecule has 0 rings (SSSR count). The number of amides is 4. The second-order valence-electron chi connectivity index (χ2n) is 12.1.